The number of nitrogens with one attached hydrogen (secondary N) is 1. The van der Waals surface area contributed by atoms with Crippen LogP contribution in [0.3, 0.4) is 0 Å². The van der Waals surface area contributed by atoms with Gasteiger partial charge in [-0.05, 0) is 36.9 Å². The molecule has 104 valence electrons. The first-order valence-electron chi connectivity index (χ1n) is 7.05. The quantitative estimate of drug-likeness (QED) is 0.703. The summed E-state index contributed by atoms with van der Waals surface area (Å²) in [5.74, 6) is 1.12. The molecule has 0 fully saturated rings. The van der Waals surface area contributed by atoms with Crippen molar-refractivity contribution in [2.24, 2.45) is 0 Å². The van der Waals surface area contributed by atoms with Crippen LogP contribution in [0.5, 0.6) is 0 Å². The van der Waals surface area contributed by atoms with Crippen molar-refractivity contribution in [3.63, 3.8) is 0 Å². The summed E-state index contributed by atoms with van der Waals surface area (Å²) in [6.45, 7) is 4.95. The number of aromatic nitrogens is 2. The molecular weight excluding hydrogens is 266 g/mol. The molecule has 2 aromatic heterocycles. The lowest BCUT2D eigenvalue weighted by Crippen LogP contribution is -2.19. The molecule has 0 aliphatic heterocycles. The monoisotopic (exact) mass is 285 g/mol. The lowest BCUT2D eigenvalue weighted by atomic mass is 10.3. The van der Waals surface area contributed by atoms with Gasteiger partial charge in [-0.15, -0.1) is 11.3 Å². The van der Waals surface area contributed by atoms with E-state index in [0.717, 1.165) is 37.4 Å². The van der Waals surface area contributed by atoms with Crippen LogP contribution in [0.4, 0.5) is 0 Å². The van der Waals surface area contributed by atoms with Gasteiger partial charge in [0.2, 0.25) is 0 Å². The number of para-hydroxylation sites is 2. The Labute approximate surface area is 123 Å². The summed E-state index contributed by atoms with van der Waals surface area (Å²) in [6.07, 6.45) is 1.09. The van der Waals surface area contributed by atoms with E-state index >= 15 is 0 Å². The van der Waals surface area contributed by atoms with Crippen LogP contribution in [-0.4, -0.2) is 16.1 Å². The molecule has 3 nitrogen and oxygen atoms in total. The van der Waals surface area contributed by atoms with E-state index in [4.69, 9.17) is 4.98 Å². The second kappa shape index (κ2) is 6.20. The summed E-state index contributed by atoms with van der Waals surface area (Å²) in [4.78, 5) is 6.15. The van der Waals surface area contributed by atoms with Crippen LogP contribution in [0, 0.1) is 0 Å². The molecule has 1 aromatic carbocycles. The Balaban J connectivity index is 1.65. The maximum Gasteiger partial charge on any atom is 0.123 e. The summed E-state index contributed by atoms with van der Waals surface area (Å²) in [6, 6.07) is 12.6. The number of aryl methyl sites for hydroxylation is 1. The zero-order valence-corrected chi connectivity index (χ0v) is 12.5. The van der Waals surface area contributed by atoms with Gasteiger partial charge in [-0.25, -0.2) is 4.98 Å². The molecule has 1 N–H and O–H groups in total. The van der Waals surface area contributed by atoms with Crippen molar-refractivity contribution >= 4 is 22.4 Å². The number of thiophene rings is 1. The molecule has 0 amide bonds. The van der Waals surface area contributed by atoms with Crippen molar-refractivity contribution in [1.29, 1.82) is 0 Å². The summed E-state index contributed by atoms with van der Waals surface area (Å²) in [7, 11) is 0. The second-order valence-corrected chi connectivity index (χ2v) is 5.80. The van der Waals surface area contributed by atoms with Gasteiger partial charge in [0, 0.05) is 18.0 Å². The average Bonchev–Trinajstić information content (AvgIpc) is 3.10. The molecule has 0 unspecified atom stereocenters. The fourth-order valence-electron chi connectivity index (χ4n) is 2.48. The molecule has 4 heteroatoms. The minimum absolute atomic E-state index is 0.827. The first kappa shape index (κ1) is 13.3. The van der Waals surface area contributed by atoms with Gasteiger partial charge in [0.25, 0.3) is 0 Å². The van der Waals surface area contributed by atoms with Crippen LogP contribution in [0.1, 0.15) is 17.6 Å². The fraction of sp³-hybridized carbons (Fsp3) is 0.312. The predicted molar refractivity (Wildman–Crippen MR) is 85.1 cm³/mol. The van der Waals surface area contributed by atoms with E-state index in [1.807, 2.05) is 17.4 Å². The number of fused-ring (bicyclic) bond motifs is 1. The highest BCUT2D eigenvalue weighted by molar-refractivity contribution is 7.09. The number of hydrogen-bond donors (Lipinski definition) is 1. The third-order valence-corrected chi connectivity index (χ3v) is 4.40. The summed E-state index contributed by atoms with van der Waals surface area (Å²) in [5, 5.41) is 5.63. The third-order valence-electron chi connectivity index (χ3n) is 3.46. The third kappa shape index (κ3) is 2.76. The summed E-state index contributed by atoms with van der Waals surface area (Å²) >= 11 is 1.82. The molecule has 0 atom stereocenters. The van der Waals surface area contributed by atoms with Crippen molar-refractivity contribution in [3.8, 4) is 0 Å². The van der Waals surface area contributed by atoms with Crippen LogP contribution < -0.4 is 5.32 Å². The molecule has 20 heavy (non-hydrogen) atoms. The molecule has 0 saturated carbocycles. The maximum absolute atomic E-state index is 4.72. The molecule has 2 heterocycles. The molecule has 3 aromatic rings. The smallest absolute Gasteiger partial charge is 0.123 e. The topological polar surface area (TPSA) is 29.9 Å². The molecule has 3 rings (SSSR count). The average molecular weight is 285 g/mol. The maximum atomic E-state index is 4.72. The van der Waals surface area contributed by atoms with Gasteiger partial charge < -0.3 is 9.88 Å². The summed E-state index contributed by atoms with van der Waals surface area (Å²) < 4.78 is 2.29. The fourth-order valence-corrected chi connectivity index (χ4v) is 3.19. The van der Waals surface area contributed by atoms with Gasteiger partial charge >= 0.3 is 0 Å². The van der Waals surface area contributed by atoms with E-state index in [1.54, 1.807) is 0 Å². The van der Waals surface area contributed by atoms with Gasteiger partial charge in [0.1, 0.15) is 5.82 Å². The predicted octanol–water partition coefficient (Wildman–Crippen LogP) is 3.45. The highest BCUT2D eigenvalue weighted by Gasteiger charge is 2.08. The van der Waals surface area contributed by atoms with Crippen molar-refractivity contribution in [2.75, 3.05) is 6.54 Å². The minimum Gasteiger partial charge on any atom is -0.327 e. The Hall–Kier alpha value is -1.65. The zero-order valence-electron chi connectivity index (χ0n) is 11.7. The van der Waals surface area contributed by atoms with Crippen LogP contribution in [0.25, 0.3) is 11.0 Å². The van der Waals surface area contributed by atoms with Crippen molar-refractivity contribution < 1.29 is 0 Å². The van der Waals surface area contributed by atoms with Gasteiger partial charge in [-0.2, -0.15) is 0 Å². The molecule has 0 aliphatic rings. The first-order valence-corrected chi connectivity index (χ1v) is 7.93. The molecule has 0 spiro atoms. The number of hydrogen-bond acceptors (Lipinski definition) is 3. The van der Waals surface area contributed by atoms with E-state index in [-0.39, 0.29) is 0 Å². The Morgan fingerprint density at radius 1 is 1.20 bits per heavy atom. The lowest BCUT2D eigenvalue weighted by Gasteiger charge is -2.07. The summed E-state index contributed by atoms with van der Waals surface area (Å²) in [5.41, 5.74) is 2.31. The number of nitrogens with zero attached hydrogens (tertiary/aromatic N) is 2. The van der Waals surface area contributed by atoms with Crippen LogP contribution in [-0.2, 0) is 19.5 Å². The zero-order chi connectivity index (χ0) is 13.8. The Kier molecular flexibility index (Phi) is 4.14. The van der Waals surface area contributed by atoms with Crippen LogP contribution in [0.15, 0.2) is 41.8 Å². The number of imidazole rings is 1. The Bertz CT molecular complexity index is 670. The highest BCUT2D eigenvalue weighted by Crippen LogP contribution is 2.15. The molecule has 0 bridgehead atoms. The SMILES string of the molecule is CCn1c(CNCCc2cccs2)nc2ccccc21. The number of rotatable bonds is 6. The van der Waals surface area contributed by atoms with E-state index in [9.17, 15) is 0 Å². The van der Waals surface area contributed by atoms with Crippen LogP contribution >= 0.6 is 11.3 Å². The first-order chi connectivity index (χ1) is 9.88. The van der Waals surface area contributed by atoms with E-state index in [1.165, 1.54) is 10.4 Å². The van der Waals surface area contributed by atoms with E-state index in [2.05, 4.69) is 52.5 Å². The highest BCUT2D eigenvalue weighted by atomic mass is 32.1. The van der Waals surface area contributed by atoms with E-state index in [0.29, 0.717) is 0 Å². The molecule has 0 saturated heterocycles. The van der Waals surface area contributed by atoms with Crippen molar-refractivity contribution in [3.05, 3.63) is 52.5 Å². The Morgan fingerprint density at radius 3 is 2.90 bits per heavy atom. The van der Waals surface area contributed by atoms with Crippen molar-refractivity contribution in [2.45, 2.75) is 26.4 Å². The largest absolute Gasteiger partial charge is 0.327 e. The van der Waals surface area contributed by atoms with Gasteiger partial charge in [-0.1, -0.05) is 18.2 Å². The molecule has 0 aliphatic carbocycles. The van der Waals surface area contributed by atoms with Gasteiger partial charge in [-0.3, -0.25) is 0 Å². The van der Waals surface area contributed by atoms with Crippen LogP contribution in [0.2, 0.25) is 0 Å². The van der Waals surface area contributed by atoms with Gasteiger partial charge in [0.15, 0.2) is 0 Å². The molecule has 0 radical (unpaired) electrons. The normalized spacial score (nSPS) is 11.2. The second-order valence-electron chi connectivity index (χ2n) is 4.77. The minimum atomic E-state index is 0.827. The van der Waals surface area contributed by atoms with Gasteiger partial charge in [0.05, 0.1) is 17.6 Å². The lowest BCUT2D eigenvalue weighted by molar-refractivity contribution is 0.622. The van der Waals surface area contributed by atoms with E-state index < -0.39 is 0 Å². The molecular formula is C16H19N3S. The Morgan fingerprint density at radius 2 is 2.10 bits per heavy atom. The van der Waals surface area contributed by atoms with Crippen molar-refractivity contribution in [1.82, 2.24) is 14.9 Å². The standard InChI is InChI=1S/C16H19N3S/c1-2-19-15-8-4-3-7-14(15)18-16(19)12-17-10-9-13-6-5-11-20-13/h3-8,11,17H,2,9-10,12H2,1H3. The number of benzene rings is 1.